The molecule has 0 radical (unpaired) electrons. The Kier molecular flexibility index (Phi) is 5.00. The van der Waals surface area contributed by atoms with Gasteiger partial charge in [0, 0.05) is 25.3 Å². The molecule has 1 saturated carbocycles. The van der Waals surface area contributed by atoms with Gasteiger partial charge >= 0.3 is 0 Å². The third-order valence-electron chi connectivity index (χ3n) is 4.09. The van der Waals surface area contributed by atoms with Gasteiger partial charge in [-0.05, 0) is 38.7 Å². The summed E-state index contributed by atoms with van der Waals surface area (Å²) in [4.78, 5) is 2.05. The summed E-state index contributed by atoms with van der Waals surface area (Å²) in [6.45, 7) is 4.99. The van der Waals surface area contributed by atoms with Crippen molar-refractivity contribution in [3.05, 3.63) is 29.6 Å². The zero-order valence-corrected chi connectivity index (χ0v) is 12.5. The number of hydrogen-bond donors (Lipinski definition) is 1. The number of nitrogens with zero attached hydrogens (tertiary/aromatic N) is 1. The van der Waals surface area contributed by atoms with E-state index in [0.717, 1.165) is 0 Å². The Morgan fingerprint density at radius 3 is 2.65 bits per heavy atom. The number of hydrogen-bond acceptors (Lipinski definition) is 3. The number of rotatable bonds is 7. The van der Waals surface area contributed by atoms with E-state index in [-0.39, 0.29) is 11.9 Å². The Morgan fingerprint density at radius 1 is 1.40 bits per heavy atom. The second kappa shape index (κ2) is 6.55. The van der Waals surface area contributed by atoms with Gasteiger partial charge in [0.05, 0.1) is 18.4 Å². The van der Waals surface area contributed by atoms with Crippen LogP contribution in [0.1, 0.15) is 38.4 Å². The van der Waals surface area contributed by atoms with Crippen molar-refractivity contribution >= 4 is 5.69 Å². The van der Waals surface area contributed by atoms with E-state index in [1.165, 1.54) is 18.9 Å². The highest BCUT2D eigenvalue weighted by molar-refractivity contribution is 5.56. The predicted molar refractivity (Wildman–Crippen MR) is 78.4 cm³/mol. The molecule has 0 saturated heterocycles. The van der Waals surface area contributed by atoms with Crippen LogP contribution in [0.3, 0.4) is 0 Å². The van der Waals surface area contributed by atoms with Crippen LogP contribution in [-0.2, 0) is 4.74 Å². The molecular formula is C16H24FNO2. The average molecular weight is 281 g/mol. The molecule has 1 aliphatic rings. The number of benzene rings is 1. The summed E-state index contributed by atoms with van der Waals surface area (Å²) in [5, 5.41) is 9.91. The minimum atomic E-state index is -0.683. The normalized spacial score (nSPS) is 17.9. The number of aliphatic hydroxyl groups is 1. The predicted octanol–water partition coefficient (Wildman–Crippen LogP) is 3.13. The standard InChI is InChI=1S/C16H24FNO2/c1-11(13-7-8-13)18(9-10-20-3)16-14(12(2)19)5-4-6-15(16)17/h4-6,11-13,19H,7-10H2,1-3H3. The Morgan fingerprint density at radius 2 is 2.10 bits per heavy atom. The summed E-state index contributed by atoms with van der Waals surface area (Å²) in [6, 6.07) is 5.17. The zero-order valence-electron chi connectivity index (χ0n) is 12.5. The molecule has 3 nitrogen and oxygen atoms in total. The van der Waals surface area contributed by atoms with Crippen LogP contribution in [0.5, 0.6) is 0 Å². The fourth-order valence-electron chi connectivity index (χ4n) is 2.71. The number of aliphatic hydroxyl groups excluding tert-OH is 1. The van der Waals surface area contributed by atoms with Crippen molar-refractivity contribution in [3.8, 4) is 0 Å². The fourth-order valence-corrected chi connectivity index (χ4v) is 2.71. The van der Waals surface area contributed by atoms with Gasteiger partial charge in [-0.15, -0.1) is 0 Å². The molecule has 0 bridgehead atoms. The van der Waals surface area contributed by atoms with Crippen molar-refractivity contribution in [2.75, 3.05) is 25.2 Å². The maximum Gasteiger partial charge on any atom is 0.146 e. The van der Waals surface area contributed by atoms with Crippen LogP contribution in [0.25, 0.3) is 0 Å². The van der Waals surface area contributed by atoms with Gasteiger partial charge in [0.15, 0.2) is 0 Å². The van der Waals surface area contributed by atoms with Crippen LogP contribution in [0.2, 0.25) is 0 Å². The molecule has 2 unspecified atom stereocenters. The van der Waals surface area contributed by atoms with Gasteiger partial charge < -0.3 is 14.7 Å². The van der Waals surface area contributed by atoms with Gasteiger partial charge in [-0.2, -0.15) is 0 Å². The van der Waals surface area contributed by atoms with Gasteiger partial charge in [-0.25, -0.2) is 4.39 Å². The van der Waals surface area contributed by atoms with E-state index in [9.17, 15) is 9.50 Å². The summed E-state index contributed by atoms with van der Waals surface area (Å²) in [7, 11) is 1.65. The van der Waals surface area contributed by atoms with Crippen molar-refractivity contribution in [1.29, 1.82) is 0 Å². The van der Waals surface area contributed by atoms with E-state index < -0.39 is 6.10 Å². The van der Waals surface area contributed by atoms with Crippen molar-refractivity contribution in [2.45, 2.75) is 38.8 Å². The van der Waals surface area contributed by atoms with Crippen LogP contribution in [0.15, 0.2) is 18.2 Å². The highest BCUT2D eigenvalue weighted by atomic mass is 19.1. The van der Waals surface area contributed by atoms with Crippen LogP contribution >= 0.6 is 0 Å². The first-order chi connectivity index (χ1) is 9.56. The molecule has 0 aromatic heterocycles. The second-order valence-electron chi connectivity index (χ2n) is 5.62. The van der Waals surface area contributed by atoms with Crippen LogP contribution in [-0.4, -0.2) is 31.4 Å². The molecule has 4 heteroatoms. The molecule has 0 aliphatic heterocycles. The van der Waals surface area contributed by atoms with E-state index in [1.807, 2.05) is 0 Å². The maximum atomic E-state index is 14.3. The first kappa shape index (κ1) is 15.3. The van der Waals surface area contributed by atoms with Gasteiger partial charge in [0.25, 0.3) is 0 Å². The molecule has 1 aliphatic carbocycles. The van der Waals surface area contributed by atoms with Gasteiger partial charge in [-0.1, -0.05) is 12.1 Å². The highest BCUT2D eigenvalue weighted by Crippen LogP contribution is 2.39. The van der Waals surface area contributed by atoms with Gasteiger partial charge in [0.2, 0.25) is 0 Å². The quantitative estimate of drug-likeness (QED) is 0.833. The number of anilines is 1. The second-order valence-corrected chi connectivity index (χ2v) is 5.62. The smallest absolute Gasteiger partial charge is 0.146 e. The third kappa shape index (κ3) is 3.30. The van der Waals surface area contributed by atoms with E-state index in [4.69, 9.17) is 4.74 Å². The highest BCUT2D eigenvalue weighted by Gasteiger charge is 2.34. The van der Waals surface area contributed by atoms with E-state index in [2.05, 4.69) is 11.8 Å². The van der Waals surface area contributed by atoms with E-state index in [1.54, 1.807) is 26.2 Å². The van der Waals surface area contributed by atoms with E-state index in [0.29, 0.717) is 30.3 Å². The summed E-state index contributed by atoms with van der Waals surface area (Å²) >= 11 is 0. The molecule has 2 rings (SSSR count). The summed E-state index contributed by atoms with van der Waals surface area (Å²) in [6.07, 6.45) is 1.71. The minimum absolute atomic E-state index is 0.263. The van der Waals surface area contributed by atoms with Crippen molar-refractivity contribution in [1.82, 2.24) is 0 Å². The Hall–Kier alpha value is -1.13. The van der Waals surface area contributed by atoms with Crippen molar-refractivity contribution < 1.29 is 14.2 Å². The molecule has 20 heavy (non-hydrogen) atoms. The number of ether oxygens (including phenoxy) is 1. The monoisotopic (exact) mass is 281 g/mol. The van der Waals surface area contributed by atoms with Crippen LogP contribution in [0, 0.1) is 11.7 Å². The Balaban J connectivity index is 2.35. The lowest BCUT2D eigenvalue weighted by Gasteiger charge is -2.34. The molecule has 0 heterocycles. The van der Waals surface area contributed by atoms with Crippen molar-refractivity contribution in [2.24, 2.45) is 5.92 Å². The molecule has 0 spiro atoms. The molecule has 0 amide bonds. The summed E-state index contributed by atoms with van der Waals surface area (Å²) in [5.41, 5.74) is 1.17. The lowest BCUT2D eigenvalue weighted by atomic mass is 10.0. The average Bonchev–Trinajstić information content (AvgIpc) is 3.24. The summed E-state index contributed by atoms with van der Waals surface area (Å²) < 4.78 is 19.5. The SMILES string of the molecule is COCCN(c1c(F)cccc1C(C)O)C(C)C1CC1. The molecule has 1 N–H and O–H groups in total. The molecule has 1 aromatic rings. The van der Waals surface area contributed by atoms with Crippen molar-refractivity contribution in [3.63, 3.8) is 0 Å². The zero-order chi connectivity index (χ0) is 14.7. The number of para-hydroxylation sites is 1. The van der Waals surface area contributed by atoms with Crippen LogP contribution < -0.4 is 4.90 Å². The fraction of sp³-hybridized carbons (Fsp3) is 0.625. The van der Waals surface area contributed by atoms with E-state index >= 15 is 0 Å². The van der Waals surface area contributed by atoms with Gasteiger partial charge in [0.1, 0.15) is 5.82 Å². The Bertz CT molecular complexity index is 446. The molecule has 1 fully saturated rings. The first-order valence-electron chi connectivity index (χ1n) is 7.28. The van der Waals surface area contributed by atoms with Crippen LogP contribution in [0.4, 0.5) is 10.1 Å². The largest absolute Gasteiger partial charge is 0.389 e. The molecule has 1 aromatic carbocycles. The third-order valence-corrected chi connectivity index (χ3v) is 4.09. The number of methoxy groups -OCH3 is 1. The minimum Gasteiger partial charge on any atom is -0.389 e. The lowest BCUT2D eigenvalue weighted by Crippen LogP contribution is -2.38. The molecular weight excluding hydrogens is 257 g/mol. The number of halogens is 1. The topological polar surface area (TPSA) is 32.7 Å². The first-order valence-corrected chi connectivity index (χ1v) is 7.28. The molecule has 112 valence electrons. The maximum absolute atomic E-state index is 14.3. The summed E-state index contributed by atoms with van der Waals surface area (Å²) in [5.74, 6) is 0.348. The lowest BCUT2D eigenvalue weighted by molar-refractivity contribution is 0.195. The Labute approximate surface area is 120 Å². The molecule has 2 atom stereocenters. The van der Waals surface area contributed by atoms with Gasteiger partial charge in [-0.3, -0.25) is 0 Å².